The summed E-state index contributed by atoms with van der Waals surface area (Å²) in [6.07, 6.45) is 1.80. The number of carbonyl (C=O) groups is 1. The number of carboxylic acids is 1. The summed E-state index contributed by atoms with van der Waals surface area (Å²) in [5.74, 6) is -0.833. The van der Waals surface area contributed by atoms with E-state index in [-0.39, 0.29) is 18.2 Å². The summed E-state index contributed by atoms with van der Waals surface area (Å²) in [5, 5.41) is 19.7. The molecule has 1 heterocycles. The van der Waals surface area contributed by atoms with Crippen LogP contribution in [0.15, 0.2) is 18.2 Å². The molecule has 1 aliphatic heterocycles. The van der Waals surface area contributed by atoms with E-state index in [0.717, 1.165) is 30.6 Å². The molecule has 0 bridgehead atoms. The van der Waals surface area contributed by atoms with Gasteiger partial charge >= 0.3 is 5.97 Å². The van der Waals surface area contributed by atoms with Crippen LogP contribution < -0.4 is 4.90 Å². The van der Waals surface area contributed by atoms with Gasteiger partial charge in [0.1, 0.15) is 0 Å². The summed E-state index contributed by atoms with van der Waals surface area (Å²) in [6, 6.07) is 4.65. The quantitative estimate of drug-likeness (QED) is 0.666. The summed E-state index contributed by atoms with van der Waals surface area (Å²) in [4.78, 5) is 23.2. The Kier molecular flexibility index (Phi) is 3.69. The molecule has 1 aromatic rings. The second kappa shape index (κ2) is 5.26. The topological polar surface area (TPSA) is 83.7 Å². The molecule has 0 spiro atoms. The minimum absolute atomic E-state index is 0.0431. The Morgan fingerprint density at radius 2 is 2.32 bits per heavy atom. The standard InChI is InChI=1S/C13H16N2O4/c1-9-4-5-11(15(18)19)7-12(9)14-6-2-3-10(14)8-13(16)17/h4-5,7,10H,2-3,6,8H2,1H3,(H,16,17). The predicted molar refractivity (Wildman–Crippen MR) is 70.5 cm³/mol. The van der Waals surface area contributed by atoms with Crippen LogP contribution in [0.25, 0.3) is 0 Å². The van der Waals surface area contributed by atoms with Gasteiger partial charge in [0.15, 0.2) is 0 Å². The monoisotopic (exact) mass is 264 g/mol. The van der Waals surface area contributed by atoms with Crippen LogP contribution in [0.3, 0.4) is 0 Å². The van der Waals surface area contributed by atoms with Crippen molar-refractivity contribution in [3.05, 3.63) is 33.9 Å². The number of nitro benzene ring substituents is 1. The highest BCUT2D eigenvalue weighted by atomic mass is 16.6. The lowest BCUT2D eigenvalue weighted by atomic mass is 10.1. The Morgan fingerprint density at radius 3 is 2.95 bits per heavy atom. The van der Waals surface area contributed by atoms with Gasteiger partial charge in [-0.3, -0.25) is 14.9 Å². The first-order valence-corrected chi connectivity index (χ1v) is 6.22. The van der Waals surface area contributed by atoms with E-state index in [1.54, 1.807) is 6.07 Å². The lowest BCUT2D eigenvalue weighted by Gasteiger charge is -2.27. The van der Waals surface area contributed by atoms with Crippen LogP contribution in [0.4, 0.5) is 11.4 Å². The van der Waals surface area contributed by atoms with Gasteiger partial charge in [-0.2, -0.15) is 0 Å². The summed E-state index contributed by atoms with van der Waals surface area (Å²) < 4.78 is 0. The fourth-order valence-corrected chi connectivity index (χ4v) is 2.59. The fourth-order valence-electron chi connectivity index (χ4n) is 2.59. The second-order valence-corrected chi connectivity index (χ2v) is 4.82. The molecule has 0 aliphatic carbocycles. The van der Waals surface area contributed by atoms with Gasteiger partial charge in [-0.05, 0) is 25.3 Å². The third-order valence-electron chi connectivity index (χ3n) is 3.50. The van der Waals surface area contributed by atoms with Crippen LogP contribution in [-0.2, 0) is 4.79 Å². The van der Waals surface area contributed by atoms with E-state index >= 15 is 0 Å². The molecule has 1 aromatic carbocycles. The van der Waals surface area contributed by atoms with Crippen molar-refractivity contribution in [1.29, 1.82) is 0 Å². The largest absolute Gasteiger partial charge is 0.481 e. The molecule has 102 valence electrons. The molecule has 19 heavy (non-hydrogen) atoms. The number of aryl methyl sites for hydroxylation is 1. The third kappa shape index (κ3) is 2.83. The number of non-ortho nitro benzene ring substituents is 1. The minimum Gasteiger partial charge on any atom is -0.481 e. The van der Waals surface area contributed by atoms with Crippen molar-refractivity contribution in [3.8, 4) is 0 Å². The molecular formula is C13H16N2O4. The van der Waals surface area contributed by atoms with Gasteiger partial charge in [0.05, 0.1) is 11.3 Å². The number of benzene rings is 1. The van der Waals surface area contributed by atoms with E-state index in [1.807, 2.05) is 11.8 Å². The SMILES string of the molecule is Cc1ccc([N+](=O)[O-])cc1N1CCCC1CC(=O)O. The molecule has 0 amide bonds. The summed E-state index contributed by atoms with van der Waals surface area (Å²) in [5.41, 5.74) is 1.75. The van der Waals surface area contributed by atoms with Crippen molar-refractivity contribution in [2.75, 3.05) is 11.4 Å². The Bertz CT molecular complexity index is 515. The number of aliphatic carboxylic acids is 1. The van der Waals surface area contributed by atoms with Crippen molar-refractivity contribution < 1.29 is 14.8 Å². The minimum atomic E-state index is -0.833. The number of nitrogens with zero attached hydrogens (tertiary/aromatic N) is 2. The summed E-state index contributed by atoms with van der Waals surface area (Å²) in [7, 11) is 0. The number of hydrogen-bond acceptors (Lipinski definition) is 4. The van der Waals surface area contributed by atoms with E-state index < -0.39 is 10.9 Å². The zero-order valence-electron chi connectivity index (χ0n) is 10.7. The zero-order valence-corrected chi connectivity index (χ0v) is 10.7. The van der Waals surface area contributed by atoms with E-state index in [9.17, 15) is 14.9 Å². The van der Waals surface area contributed by atoms with E-state index in [0.29, 0.717) is 0 Å². The molecule has 1 atom stereocenters. The van der Waals surface area contributed by atoms with Crippen molar-refractivity contribution >= 4 is 17.3 Å². The van der Waals surface area contributed by atoms with Crippen molar-refractivity contribution in [2.24, 2.45) is 0 Å². The molecule has 0 radical (unpaired) electrons. The molecule has 2 rings (SSSR count). The van der Waals surface area contributed by atoms with Crippen LogP contribution in [0.1, 0.15) is 24.8 Å². The lowest BCUT2D eigenvalue weighted by molar-refractivity contribution is -0.384. The van der Waals surface area contributed by atoms with Crippen molar-refractivity contribution in [2.45, 2.75) is 32.2 Å². The highest BCUT2D eigenvalue weighted by Crippen LogP contribution is 2.32. The normalized spacial score (nSPS) is 18.6. The highest BCUT2D eigenvalue weighted by molar-refractivity contribution is 5.69. The Morgan fingerprint density at radius 1 is 1.58 bits per heavy atom. The van der Waals surface area contributed by atoms with E-state index in [1.165, 1.54) is 12.1 Å². The van der Waals surface area contributed by atoms with Gasteiger partial charge in [-0.1, -0.05) is 6.07 Å². The van der Waals surface area contributed by atoms with Crippen LogP contribution >= 0.6 is 0 Å². The molecule has 1 unspecified atom stereocenters. The predicted octanol–water partition coefficient (Wildman–Crippen LogP) is 2.35. The second-order valence-electron chi connectivity index (χ2n) is 4.82. The first-order valence-electron chi connectivity index (χ1n) is 6.22. The molecule has 0 aromatic heterocycles. The van der Waals surface area contributed by atoms with E-state index in [2.05, 4.69) is 0 Å². The molecule has 1 saturated heterocycles. The number of anilines is 1. The molecular weight excluding hydrogens is 248 g/mol. The number of hydrogen-bond donors (Lipinski definition) is 1. The Hall–Kier alpha value is -2.11. The molecule has 6 heteroatoms. The first kappa shape index (κ1) is 13.3. The number of carboxylic acid groups (broad SMARTS) is 1. The molecule has 1 fully saturated rings. The highest BCUT2D eigenvalue weighted by Gasteiger charge is 2.28. The summed E-state index contributed by atoms with van der Waals surface area (Å²) in [6.45, 7) is 2.63. The van der Waals surface area contributed by atoms with Gasteiger partial charge < -0.3 is 10.0 Å². The number of nitro groups is 1. The van der Waals surface area contributed by atoms with Gasteiger partial charge in [-0.25, -0.2) is 0 Å². The average molecular weight is 264 g/mol. The van der Waals surface area contributed by atoms with E-state index in [4.69, 9.17) is 5.11 Å². The van der Waals surface area contributed by atoms with Crippen LogP contribution in [-0.4, -0.2) is 28.6 Å². The smallest absolute Gasteiger partial charge is 0.305 e. The van der Waals surface area contributed by atoms with Gasteiger partial charge in [0.25, 0.3) is 5.69 Å². The maximum atomic E-state index is 10.9. The Labute approximate surface area is 110 Å². The van der Waals surface area contributed by atoms with Gasteiger partial charge in [0, 0.05) is 30.4 Å². The third-order valence-corrected chi connectivity index (χ3v) is 3.50. The Balaban J connectivity index is 2.31. The lowest BCUT2D eigenvalue weighted by Crippen LogP contribution is -2.31. The van der Waals surface area contributed by atoms with Crippen molar-refractivity contribution in [3.63, 3.8) is 0 Å². The summed E-state index contributed by atoms with van der Waals surface area (Å²) >= 11 is 0. The maximum absolute atomic E-state index is 10.9. The maximum Gasteiger partial charge on any atom is 0.305 e. The molecule has 1 aliphatic rings. The fraction of sp³-hybridized carbons (Fsp3) is 0.462. The molecule has 6 nitrogen and oxygen atoms in total. The average Bonchev–Trinajstić information content (AvgIpc) is 2.76. The molecule has 0 saturated carbocycles. The number of rotatable bonds is 4. The van der Waals surface area contributed by atoms with Crippen LogP contribution in [0.2, 0.25) is 0 Å². The first-order chi connectivity index (χ1) is 8.99. The van der Waals surface area contributed by atoms with Crippen LogP contribution in [0.5, 0.6) is 0 Å². The van der Waals surface area contributed by atoms with Gasteiger partial charge in [-0.15, -0.1) is 0 Å². The zero-order chi connectivity index (χ0) is 14.0. The van der Waals surface area contributed by atoms with Gasteiger partial charge in [0.2, 0.25) is 0 Å². The molecule has 1 N–H and O–H groups in total. The van der Waals surface area contributed by atoms with Crippen LogP contribution in [0, 0.1) is 17.0 Å². The van der Waals surface area contributed by atoms with Crippen molar-refractivity contribution in [1.82, 2.24) is 0 Å².